The van der Waals surface area contributed by atoms with E-state index in [-0.39, 0.29) is 24.1 Å². The molecule has 152 valence electrons. The molecule has 1 aliphatic carbocycles. The molecule has 1 aromatic rings. The Morgan fingerprint density at radius 1 is 1.29 bits per heavy atom. The van der Waals surface area contributed by atoms with E-state index in [1.165, 1.54) is 0 Å². The highest BCUT2D eigenvalue weighted by atomic mass is 16.3. The second kappa shape index (κ2) is 8.32. The summed E-state index contributed by atoms with van der Waals surface area (Å²) >= 11 is 0. The smallest absolute Gasteiger partial charge is 0.268 e. The second-order valence-corrected chi connectivity index (χ2v) is 7.77. The summed E-state index contributed by atoms with van der Waals surface area (Å²) in [5, 5.41) is 14.5. The van der Waals surface area contributed by atoms with Crippen LogP contribution < -0.4 is 16.5 Å². The molecule has 0 saturated heterocycles. The Bertz CT molecular complexity index is 743. The van der Waals surface area contributed by atoms with Crippen LogP contribution in [0.1, 0.15) is 57.6 Å². The molecule has 1 fully saturated rings. The van der Waals surface area contributed by atoms with Crippen LogP contribution in [0, 0.1) is 0 Å². The molecule has 0 aromatic heterocycles. The number of nitrogens with zero attached hydrogens (tertiary/aromatic N) is 1. The van der Waals surface area contributed by atoms with Crippen LogP contribution in [0.3, 0.4) is 0 Å². The number of hydrogen-bond donors (Lipinski definition) is 4. The van der Waals surface area contributed by atoms with E-state index in [2.05, 4.69) is 10.7 Å². The second-order valence-electron chi connectivity index (χ2n) is 7.77. The molecule has 0 spiro atoms. The number of amides is 2. The van der Waals surface area contributed by atoms with Crippen molar-refractivity contribution in [1.29, 1.82) is 0 Å². The van der Waals surface area contributed by atoms with Crippen molar-refractivity contribution in [3.05, 3.63) is 47.7 Å². The fourth-order valence-corrected chi connectivity index (χ4v) is 3.93. The first kappa shape index (κ1) is 20.4. The van der Waals surface area contributed by atoms with Gasteiger partial charge in [-0.25, -0.2) is 5.43 Å². The van der Waals surface area contributed by atoms with Gasteiger partial charge < -0.3 is 16.2 Å². The van der Waals surface area contributed by atoms with Crippen molar-refractivity contribution in [2.45, 2.75) is 69.7 Å². The van der Waals surface area contributed by atoms with Gasteiger partial charge in [0.1, 0.15) is 11.2 Å². The summed E-state index contributed by atoms with van der Waals surface area (Å²) < 4.78 is 0. The van der Waals surface area contributed by atoms with E-state index in [1.807, 2.05) is 44.2 Å². The molecular formula is C21H30N4O3. The van der Waals surface area contributed by atoms with E-state index in [4.69, 9.17) is 5.73 Å². The first-order chi connectivity index (χ1) is 13.4. The lowest BCUT2D eigenvalue weighted by Gasteiger charge is -2.34. The molecule has 3 rings (SSSR count). The number of rotatable bonds is 6. The normalized spacial score (nSPS) is 28.5. The minimum Gasteiger partial charge on any atom is -0.393 e. The topological polar surface area (TPSA) is 108 Å². The SMILES string of the molecule is CCC1(C(N)=O)C=C(C(=O)NC2CCC(O)CC2)N([C@@H](C)c2ccccc2)N1. The monoisotopic (exact) mass is 386 g/mol. The van der Waals surface area contributed by atoms with Gasteiger partial charge in [0.25, 0.3) is 5.91 Å². The van der Waals surface area contributed by atoms with Gasteiger partial charge in [0.15, 0.2) is 0 Å². The van der Waals surface area contributed by atoms with Gasteiger partial charge in [0.2, 0.25) is 5.91 Å². The standard InChI is InChI=1S/C21H30N4O3/c1-3-21(20(22)28)13-18(19(27)23-16-9-11-17(26)12-10-16)25(24-21)14(2)15-7-5-4-6-8-15/h4-8,13-14,16-17,24,26H,3,9-12H2,1-2H3,(H2,22,28)(H,23,27)/t14-,16?,17?,21?/m0/s1. The molecule has 0 bridgehead atoms. The summed E-state index contributed by atoms with van der Waals surface area (Å²) in [5.41, 5.74) is 9.21. The summed E-state index contributed by atoms with van der Waals surface area (Å²) in [4.78, 5) is 25.3. The zero-order chi connectivity index (χ0) is 20.3. The summed E-state index contributed by atoms with van der Waals surface area (Å²) in [6.45, 7) is 3.84. The Hall–Kier alpha value is -2.38. The summed E-state index contributed by atoms with van der Waals surface area (Å²) in [6, 6.07) is 9.66. The molecule has 2 aliphatic rings. The highest BCUT2D eigenvalue weighted by molar-refractivity contribution is 5.97. The van der Waals surface area contributed by atoms with E-state index >= 15 is 0 Å². The molecule has 2 amide bonds. The highest BCUT2D eigenvalue weighted by Crippen LogP contribution is 2.32. The van der Waals surface area contributed by atoms with Crippen molar-refractivity contribution in [3.8, 4) is 0 Å². The van der Waals surface area contributed by atoms with E-state index in [0.717, 1.165) is 18.4 Å². The van der Waals surface area contributed by atoms with Gasteiger partial charge in [-0.3, -0.25) is 14.6 Å². The molecule has 1 saturated carbocycles. The quantitative estimate of drug-likeness (QED) is 0.593. The van der Waals surface area contributed by atoms with Crippen LogP contribution in [0.15, 0.2) is 42.1 Å². The molecule has 7 nitrogen and oxygen atoms in total. The number of benzene rings is 1. The first-order valence-corrected chi connectivity index (χ1v) is 10.00. The first-order valence-electron chi connectivity index (χ1n) is 10.00. The molecular weight excluding hydrogens is 356 g/mol. The number of aliphatic hydroxyl groups excluding tert-OH is 1. The van der Waals surface area contributed by atoms with Crippen molar-refractivity contribution in [3.63, 3.8) is 0 Å². The molecule has 2 atom stereocenters. The zero-order valence-corrected chi connectivity index (χ0v) is 16.5. The van der Waals surface area contributed by atoms with Gasteiger partial charge in [-0.2, -0.15) is 0 Å². The molecule has 5 N–H and O–H groups in total. The Morgan fingerprint density at radius 3 is 2.50 bits per heavy atom. The average Bonchev–Trinajstić information content (AvgIpc) is 3.11. The number of hydrazine groups is 1. The summed E-state index contributed by atoms with van der Waals surface area (Å²) in [5.74, 6) is -0.739. The van der Waals surface area contributed by atoms with Crippen LogP contribution in [0.4, 0.5) is 0 Å². The lowest BCUT2D eigenvalue weighted by atomic mass is 9.93. The van der Waals surface area contributed by atoms with Crippen LogP contribution >= 0.6 is 0 Å². The highest BCUT2D eigenvalue weighted by Gasteiger charge is 2.44. The average molecular weight is 386 g/mol. The predicted molar refractivity (Wildman–Crippen MR) is 107 cm³/mol. The van der Waals surface area contributed by atoms with Crippen LogP contribution in [0.5, 0.6) is 0 Å². The minimum atomic E-state index is -1.08. The van der Waals surface area contributed by atoms with Gasteiger partial charge >= 0.3 is 0 Å². The van der Waals surface area contributed by atoms with Gasteiger partial charge in [-0.05, 0) is 50.7 Å². The number of nitrogens with two attached hydrogens (primary N) is 1. The molecule has 1 unspecified atom stereocenters. The van der Waals surface area contributed by atoms with Crippen molar-refractivity contribution >= 4 is 11.8 Å². The van der Waals surface area contributed by atoms with Gasteiger partial charge in [0.05, 0.1) is 12.1 Å². The Morgan fingerprint density at radius 2 is 1.93 bits per heavy atom. The molecule has 1 aliphatic heterocycles. The third kappa shape index (κ3) is 4.05. The lowest BCUT2D eigenvalue weighted by molar-refractivity contribution is -0.125. The van der Waals surface area contributed by atoms with Crippen LogP contribution in [0.2, 0.25) is 0 Å². The number of aliphatic hydroxyl groups is 1. The van der Waals surface area contributed by atoms with Crippen molar-refractivity contribution in [2.75, 3.05) is 0 Å². The summed E-state index contributed by atoms with van der Waals surface area (Å²) in [7, 11) is 0. The Balaban J connectivity index is 1.85. The molecule has 28 heavy (non-hydrogen) atoms. The van der Waals surface area contributed by atoms with E-state index < -0.39 is 11.4 Å². The lowest BCUT2D eigenvalue weighted by Crippen LogP contribution is -2.56. The largest absolute Gasteiger partial charge is 0.393 e. The third-order valence-corrected chi connectivity index (χ3v) is 5.89. The van der Waals surface area contributed by atoms with Gasteiger partial charge in [-0.15, -0.1) is 0 Å². The molecule has 1 heterocycles. The third-order valence-electron chi connectivity index (χ3n) is 5.89. The molecule has 1 aromatic carbocycles. The van der Waals surface area contributed by atoms with Gasteiger partial charge in [-0.1, -0.05) is 37.3 Å². The van der Waals surface area contributed by atoms with Crippen LogP contribution in [-0.2, 0) is 9.59 Å². The zero-order valence-electron chi connectivity index (χ0n) is 16.5. The van der Waals surface area contributed by atoms with Crippen molar-refractivity contribution in [1.82, 2.24) is 15.8 Å². The maximum atomic E-state index is 13.1. The maximum Gasteiger partial charge on any atom is 0.268 e. The predicted octanol–water partition coefficient (Wildman–Crippen LogP) is 1.51. The minimum absolute atomic E-state index is 0.0240. The van der Waals surface area contributed by atoms with Crippen molar-refractivity contribution in [2.24, 2.45) is 5.73 Å². The number of nitrogens with one attached hydrogen (secondary N) is 2. The number of carbonyl (C=O) groups excluding carboxylic acids is 2. The van der Waals surface area contributed by atoms with E-state index in [1.54, 1.807) is 11.1 Å². The number of carbonyl (C=O) groups is 2. The Labute approximate surface area is 165 Å². The fraction of sp³-hybridized carbons (Fsp3) is 0.524. The maximum absolute atomic E-state index is 13.1. The number of hydrogen-bond acceptors (Lipinski definition) is 5. The molecule has 0 radical (unpaired) electrons. The van der Waals surface area contributed by atoms with E-state index in [0.29, 0.717) is 25.0 Å². The number of primary amides is 1. The van der Waals surface area contributed by atoms with Gasteiger partial charge in [0, 0.05) is 6.04 Å². The van der Waals surface area contributed by atoms with Crippen LogP contribution in [0.25, 0.3) is 0 Å². The Kier molecular flexibility index (Phi) is 6.05. The van der Waals surface area contributed by atoms with Crippen molar-refractivity contribution < 1.29 is 14.7 Å². The van der Waals surface area contributed by atoms with E-state index in [9.17, 15) is 14.7 Å². The molecule has 7 heteroatoms. The fourth-order valence-electron chi connectivity index (χ4n) is 3.93. The van der Waals surface area contributed by atoms with Crippen LogP contribution in [-0.4, -0.2) is 39.6 Å². The summed E-state index contributed by atoms with van der Waals surface area (Å²) in [6.07, 6.45) is 4.68.